The fourth-order valence-corrected chi connectivity index (χ4v) is 4.42. The molecule has 2 fully saturated rings. The summed E-state index contributed by atoms with van der Waals surface area (Å²) in [7, 11) is 1.10. The molecule has 3 atom stereocenters. The number of aliphatic imine (C=N–C) groups is 1. The van der Waals surface area contributed by atoms with Crippen LogP contribution < -0.4 is 5.32 Å². The molecule has 0 amide bonds. The second kappa shape index (κ2) is 4.33. The second-order valence-electron chi connectivity index (χ2n) is 5.93. The van der Waals surface area contributed by atoms with Crippen molar-refractivity contribution >= 4 is 14.3 Å². The fraction of sp³-hybridized carbons (Fsp3) is 0.643. The van der Waals surface area contributed by atoms with E-state index in [0.29, 0.717) is 6.04 Å². The van der Waals surface area contributed by atoms with Crippen molar-refractivity contribution in [3.05, 3.63) is 23.9 Å². The molecule has 1 aliphatic carbocycles. The first kappa shape index (κ1) is 11.6. The molecule has 1 N–H and O–H groups in total. The highest BCUT2D eigenvalue weighted by Crippen LogP contribution is 2.37. The molecule has 0 spiro atoms. The SMILES string of the molecule is CC1(C)C=CN=C2C(=C1)CCC1CPCNC21. The summed E-state index contributed by atoms with van der Waals surface area (Å²) in [6.07, 6.45) is 11.8. The molecule has 3 heteroatoms. The molecule has 3 aliphatic rings. The highest BCUT2D eigenvalue weighted by molar-refractivity contribution is 7.38. The molecule has 3 unspecified atom stereocenters. The van der Waals surface area contributed by atoms with Gasteiger partial charge in [-0.1, -0.05) is 26.0 Å². The van der Waals surface area contributed by atoms with Crippen LogP contribution in [-0.2, 0) is 0 Å². The van der Waals surface area contributed by atoms with E-state index >= 15 is 0 Å². The lowest BCUT2D eigenvalue weighted by Crippen LogP contribution is -2.49. The first-order valence-corrected chi connectivity index (χ1v) is 7.99. The Kier molecular flexibility index (Phi) is 2.96. The monoisotopic (exact) mass is 248 g/mol. The van der Waals surface area contributed by atoms with Crippen molar-refractivity contribution in [1.29, 1.82) is 0 Å². The predicted molar refractivity (Wildman–Crippen MR) is 76.1 cm³/mol. The van der Waals surface area contributed by atoms with Gasteiger partial charge in [0.2, 0.25) is 0 Å². The predicted octanol–water partition coefficient (Wildman–Crippen LogP) is 2.93. The zero-order valence-electron chi connectivity index (χ0n) is 10.7. The van der Waals surface area contributed by atoms with E-state index in [1.807, 2.05) is 6.20 Å². The zero-order chi connectivity index (χ0) is 11.9. The van der Waals surface area contributed by atoms with Gasteiger partial charge in [-0.2, -0.15) is 0 Å². The van der Waals surface area contributed by atoms with Gasteiger partial charge in [-0.25, -0.2) is 0 Å². The first-order valence-electron chi connectivity index (χ1n) is 6.57. The molecule has 0 aromatic rings. The molecule has 0 bridgehead atoms. The van der Waals surface area contributed by atoms with E-state index in [1.54, 1.807) is 0 Å². The minimum atomic E-state index is 0.157. The molecule has 1 saturated carbocycles. The molecule has 2 aliphatic heterocycles. The first-order chi connectivity index (χ1) is 8.16. The van der Waals surface area contributed by atoms with Crippen molar-refractivity contribution in [3.8, 4) is 0 Å². The molecule has 92 valence electrons. The van der Waals surface area contributed by atoms with E-state index < -0.39 is 0 Å². The lowest BCUT2D eigenvalue weighted by Gasteiger charge is -2.38. The maximum atomic E-state index is 4.73. The van der Waals surface area contributed by atoms with Crippen molar-refractivity contribution in [2.24, 2.45) is 16.3 Å². The van der Waals surface area contributed by atoms with Crippen LogP contribution in [0.3, 0.4) is 0 Å². The van der Waals surface area contributed by atoms with Gasteiger partial charge in [0.15, 0.2) is 0 Å². The van der Waals surface area contributed by atoms with Gasteiger partial charge >= 0.3 is 0 Å². The number of fused-ring (bicyclic) bond motifs is 3. The Morgan fingerprint density at radius 2 is 2.35 bits per heavy atom. The van der Waals surface area contributed by atoms with Gasteiger partial charge in [-0.3, -0.25) is 4.99 Å². The number of allylic oxidation sites excluding steroid dienone is 2. The van der Waals surface area contributed by atoms with Gasteiger partial charge in [0.05, 0.1) is 11.8 Å². The summed E-state index contributed by atoms with van der Waals surface area (Å²) in [6, 6.07) is 0.523. The normalized spacial score (nSPS) is 36.6. The van der Waals surface area contributed by atoms with E-state index in [-0.39, 0.29) is 5.41 Å². The van der Waals surface area contributed by atoms with Crippen LogP contribution in [0.1, 0.15) is 26.7 Å². The van der Waals surface area contributed by atoms with Crippen molar-refractivity contribution in [3.63, 3.8) is 0 Å². The van der Waals surface area contributed by atoms with Crippen molar-refractivity contribution in [1.82, 2.24) is 5.32 Å². The van der Waals surface area contributed by atoms with Crippen LogP contribution in [0, 0.1) is 11.3 Å². The maximum Gasteiger partial charge on any atom is 0.0605 e. The average molecular weight is 248 g/mol. The summed E-state index contributed by atoms with van der Waals surface area (Å²) < 4.78 is 0. The molecule has 1 saturated heterocycles. The molecular formula is C14H21N2P. The third kappa shape index (κ3) is 2.26. The fourth-order valence-electron chi connectivity index (χ4n) is 3.10. The Bertz CT molecular complexity index is 406. The molecule has 0 aromatic heterocycles. The van der Waals surface area contributed by atoms with Gasteiger partial charge in [-0.05, 0) is 30.5 Å². The van der Waals surface area contributed by atoms with Crippen LogP contribution in [0.15, 0.2) is 28.9 Å². The summed E-state index contributed by atoms with van der Waals surface area (Å²) >= 11 is 0. The molecule has 17 heavy (non-hydrogen) atoms. The van der Waals surface area contributed by atoms with E-state index in [2.05, 4.69) is 31.3 Å². The second-order valence-corrected chi connectivity index (χ2v) is 7.19. The summed E-state index contributed by atoms with van der Waals surface area (Å²) in [5.41, 5.74) is 2.97. The number of nitrogens with one attached hydrogen (secondary N) is 1. The number of rotatable bonds is 0. The lowest BCUT2D eigenvalue weighted by molar-refractivity contribution is 0.421. The molecule has 2 nitrogen and oxygen atoms in total. The molecule has 0 aromatic carbocycles. The zero-order valence-corrected chi connectivity index (χ0v) is 11.7. The van der Waals surface area contributed by atoms with Crippen molar-refractivity contribution in [2.45, 2.75) is 32.7 Å². The number of nitrogens with zero attached hydrogens (tertiary/aromatic N) is 1. The summed E-state index contributed by atoms with van der Waals surface area (Å²) in [4.78, 5) is 4.73. The molecule has 3 rings (SSSR count). The Balaban J connectivity index is 1.95. The van der Waals surface area contributed by atoms with Crippen LogP contribution in [0.2, 0.25) is 0 Å². The number of hydrogen-bond acceptors (Lipinski definition) is 2. The Morgan fingerprint density at radius 3 is 3.24 bits per heavy atom. The summed E-state index contributed by atoms with van der Waals surface area (Å²) in [5.74, 6) is 0.826. The van der Waals surface area contributed by atoms with Crippen LogP contribution in [0.4, 0.5) is 0 Å². The van der Waals surface area contributed by atoms with Crippen LogP contribution >= 0.6 is 8.58 Å². The minimum Gasteiger partial charge on any atom is -0.305 e. The largest absolute Gasteiger partial charge is 0.305 e. The Morgan fingerprint density at radius 1 is 1.47 bits per heavy atom. The average Bonchev–Trinajstić information content (AvgIpc) is 2.46. The summed E-state index contributed by atoms with van der Waals surface area (Å²) in [6.45, 7) is 4.52. The Hall–Kier alpha value is -0.460. The highest BCUT2D eigenvalue weighted by atomic mass is 31.1. The van der Waals surface area contributed by atoms with Gasteiger partial charge in [-0.15, -0.1) is 8.58 Å². The van der Waals surface area contributed by atoms with Gasteiger partial charge in [0, 0.05) is 17.9 Å². The van der Waals surface area contributed by atoms with E-state index in [0.717, 1.165) is 14.5 Å². The van der Waals surface area contributed by atoms with E-state index in [9.17, 15) is 0 Å². The third-order valence-electron chi connectivity index (χ3n) is 4.00. The smallest absolute Gasteiger partial charge is 0.0605 e. The topological polar surface area (TPSA) is 24.4 Å². The third-order valence-corrected chi connectivity index (χ3v) is 5.26. The lowest BCUT2D eigenvalue weighted by atomic mass is 9.78. The van der Waals surface area contributed by atoms with Crippen LogP contribution in [0.5, 0.6) is 0 Å². The van der Waals surface area contributed by atoms with Crippen molar-refractivity contribution in [2.75, 3.05) is 12.4 Å². The van der Waals surface area contributed by atoms with Gasteiger partial charge in [0.1, 0.15) is 0 Å². The highest BCUT2D eigenvalue weighted by Gasteiger charge is 2.35. The van der Waals surface area contributed by atoms with E-state index in [4.69, 9.17) is 4.99 Å². The standard InChI is InChI=1S/C14H21N2P/c1-14(2)5-6-15-12-10(7-14)3-4-11-8-17-9-16-13(11)12/h5-7,11,13,16-17H,3-4,8-9H2,1-2H3. The van der Waals surface area contributed by atoms with Crippen LogP contribution in [0.25, 0.3) is 0 Å². The number of hydrogen-bond donors (Lipinski definition) is 1. The maximum absolute atomic E-state index is 4.73. The van der Waals surface area contributed by atoms with Gasteiger partial charge < -0.3 is 5.32 Å². The molecular weight excluding hydrogens is 227 g/mol. The van der Waals surface area contributed by atoms with Crippen molar-refractivity contribution < 1.29 is 0 Å². The molecule has 2 heterocycles. The van der Waals surface area contributed by atoms with E-state index in [1.165, 1.54) is 36.6 Å². The molecule has 0 radical (unpaired) electrons. The van der Waals surface area contributed by atoms with Crippen LogP contribution in [-0.4, -0.2) is 24.2 Å². The quantitative estimate of drug-likeness (QED) is 0.655. The minimum absolute atomic E-state index is 0.157. The van der Waals surface area contributed by atoms with Gasteiger partial charge in [0.25, 0.3) is 0 Å². The Labute approximate surface area is 105 Å². The summed E-state index contributed by atoms with van der Waals surface area (Å²) in [5, 5.41) is 3.68.